The molecule has 3 aliphatic heterocycles. The van der Waals surface area contributed by atoms with Crippen LogP contribution >= 0.6 is 23.2 Å². The van der Waals surface area contributed by atoms with Gasteiger partial charge in [0.15, 0.2) is 0 Å². The van der Waals surface area contributed by atoms with Crippen LogP contribution in [0, 0.1) is 0 Å². The van der Waals surface area contributed by atoms with Crippen LogP contribution in [0.3, 0.4) is 0 Å². The standard InChI is InChI=1S/C38H39Cl2N7O4/c1-51-37-22(17-42-19-25-10-13-34(49)45-25)8-11-31(46-37)28-6-2-4-26(35(28)39)27-5-3-7-29(36(27)40)32-16-23-21-47(38(50)30(23)20-43-32)15-14-41-18-24-9-12-33(48)44-24/h2-8,11,16,20,24-25,41-42H,9-10,12-15,17-19,21H2,1H3,(H,44,48)(H,45,49)/t24-,25+/m1/s1. The molecular weight excluding hydrogens is 689 g/mol. The van der Waals surface area contributed by atoms with E-state index in [1.165, 1.54) is 0 Å². The van der Waals surface area contributed by atoms with Crippen molar-refractivity contribution >= 4 is 40.9 Å². The van der Waals surface area contributed by atoms with Crippen molar-refractivity contribution in [3.63, 3.8) is 0 Å². The molecule has 4 N–H and O–H groups in total. The maximum atomic E-state index is 13.1. The zero-order valence-corrected chi connectivity index (χ0v) is 29.7. The number of hydrogen-bond acceptors (Lipinski definition) is 8. The average Bonchev–Trinajstić information content (AvgIpc) is 3.84. The summed E-state index contributed by atoms with van der Waals surface area (Å²) in [5.74, 6) is 0.635. The maximum absolute atomic E-state index is 13.1. The summed E-state index contributed by atoms with van der Waals surface area (Å²) in [5, 5.41) is 13.7. The Balaban J connectivity index is 1.05. The van der Waals surface area contributed by atoms with Gasteiger partial charge in [-0.05, 0) is 30.5 Å². The SMILES string of the molecule is COc1nc(-c2cccc(-c3cccc(-c4cc5c(cn4)C(=O)N(CCNC[C@H]4CCC(=O)N4)C5)c3Cl)c2Cl)ccc1CNC[C@@H]1CCC(=O)N1. The second-order valence-electron chi connectivity index (χ2n) is 13.1. The van der Waals surface area contributed by atoms with Crippen molar-refractivity contribution in [1.29, 1.82) is 0 Å². The van der Waals surface area contributed by atoms with E-state index in [9.17, 15) is 14.4 Å². The van der Waals surface area contributed by atoms with Crippen LogP contribution in [0.4, 0.5) is 0 Å². The Hall–Kier alpha value is -4.55. The number of fused-ring (bicyclic) bond motifs is 1. The lowest BCUT2D eigenvalue weighted by Gasteiger charge is -2.17. The number of carbonyl (C=O) groups is 3. The normalized spacial score (nSPS) is 18.3. The fraction of sp³-hybridized carbons (Fsp3) is 0.342. The summed E-state index contributed by atoms with van der Waals surface area (Å²) in [5.41, 5.74) is 6.69. The van der Waals surface area contributed by atoms with Crippen LogP contribution in [0.25, 0.3) is 33.6 Å². The van der Waals surface area contributed by atoms with E-state index in [1.54, 1.807) is 13.3 Å². The third kappa shape index (κ3) is 7.57. The zero-order valence-electron chi connectivity index (χ0n) is 28.2. The number of hydrogen-bond donors (Lipinski definition) is 4. The Bertz CT molecular complexity index is 1990. The first-order chi connectivity index (χ1) is 24.8. The van der Waals surface area contributed by atoms with Crippen LogP contribution in [-0.4, -0.2) is 78.0 Å². The van der Waals surface area contributed by atoms with Gasteiger partial charge in [0.1, 0.15) is 0 Å². The highest BCUT2D eigenvalue weighted by Crippen LogP contribution is 2.42. The summed E-state index contributed by atoms with van der Waals surface area (Å²) >= 11 is 14.2. The number of amides is 3. The molecule has 0 saturated carbocycles. The van der Waals surface area contributed by atoms with Crippen molar-refractivity contribution < 1.29 is 19.1 Å². The Labute approximate surface area is 306 Å². The van der Waals surface area contributed by atoms with E-state index in [4.69, 9.17) is 32.9 Å². The van der Waals surface area contributed by atoms with Gasteiger partial charge >= 0.3 is 0 Å². The molecule has 3 aliphatic rings. The number of aromatic nitrogens is 2. The third-order valence-corrected chi connectivity index (χ3v) is 10.5. The molecule has 0 aliphatic carbocycles. The molecule has 2 aromatic heterocycles. The molecule has 0 spiro atoms. The zero-order chi connectivity index (χ0) is 35.5. The topological polar surface area (TPSA) is 138 Å². The smallest absolute Gasteiger partial charge is 0.256 e. The van der Waals surface area contributed by atoms with Gasteiger partial charge in [0.05, 0.1) is 34.1 Å². The van der Waals surface area contributed by atoms with Crippen LogP contribution in [0.15, 0.2) is 60.8 Å². The van der Waals surface area contributed by atoms with Crippen molar-refractivity contribution in [3.05, 3.63) is 87.5 Å². The van der Waals surface area contributed by atoms with Gasteiger partial charge < -0.3 is 30.9 Å². The monoisotopic (exact) mass is 727 g/mol. The van der Waals surface area contributed by atoms with Crippen LogP contribution in [-0.2, 0) is 22.7 Å². The predicted molar refractivity (Wildman–Crippen MR) is 197 cm³/mol. The van der Waals surface area contributed by atoms with Crippen molar-refractivity contribution in [2.75, 3.05) is 33.3 Å². The van der Waals surface area contributed by atoms with Crippen molar-refractivity contribution in [2.24, 2.45) is 0 Å². The molecule has 0 unspecified atom stereocenters. The molecular formula is C38H39Cl2N7O4. The minimum absolute atomic E-state index is 0.0444. The molecule has 4 aromatic rings. The molecule has 7 rings (SSSR count). The number of methoxy groups -OCH3 is 1. The van der Waals surface area contributed by atoms with Gasteiger partial charge in [0.25, 0.3) is 5.91 Å². The van der Waals surface area contributed by atoms with Gasteiger partial charge in [-0.1, -0.05) is 65.7 Å². The largest absolute Gasteiger partial charge is 0.481 e. The second kappa shape index (κ2) is 15.4. The summed E-state index contributed by atoms with van der Waals surface area (Å²) in [4.78, 5) is 47.3. The Kier molecular flexibility index (Phi) is 10.5. The summed E-state index contributed by atoms with van der Waals surface area (Å²) < 4.78 is 5.65. The molecule has 264 valence electrons. The highest BCUT2D eigenvalue weighted by molar-refractivity contribution is 6.39. The Morgan fingerprint density at radius 3 is 2.08 bits per heavy atom. The van der Waals surface area contributed by atoms with E-state index in [1.807, 2.05) is 59.5 Å². The first-order valence-electron chi connectivity index (χ1n) is 17.2. The van der Waals surface area contributed by atoms with Crippen molar-refractivity contribution in [1.82, 2.24) is 36.1 Å². The molecule has 2 atom stereocenters. The summed E-state index contributed by atoms with van der Waals surface area (Å²) in [7, 11) is 1.59. The number of benzene rings is 2. The van der Waals surface area contributed by atoms with Gasteiger partial charge in [-0.15, -0.1) is 0 Å². The van der Waals surface area contributed by atoms with E-state index < -0.39 is 0 Å². The molecule has 2 fully saturated rings. The van der Waals surface area contributed by atoms with E-state index in [0.29, 0.717) is 85.0 Å². The first kappa shape index (κ1) is 34.9. The number of carbonyl (C=O) groups excluding carboxylic acids is 3. The number of nitrogens with zero attached hydrogens (tertiary/aromatic N) is 3. The van der Waals surface area contributed by atoms with E-state index in [-0.39, 0.29) is 29.8 Å². The second-order valence-corrected chi connectivity index (χ2v) is 13.8. The van der Waals surface area contributed by atoms with Crippen LogP contribution in [0.1, 0.15) is 47.2 Å². The molecule has 2 saturated heterocycles. The van der Waals surface area contributed by atoms with Crippen LogP contribution in [0.2, 0.25) is 10.0 Å². The number of ether oxygens (including phenoxy) is 1. The van der Waals surface area contributed by atoms with E-state index >= 15 is 0 Å². The molecule has 0 bridgehead atoms. The molecule has 11 nitrogen and oxygen atoms in total. The van der Waals surface area contributed by atoms with Gasteiger partial charge in [0, 0.05) is 98.2 Å². The minimum atomic E-state index is -0.0444. The summed E-state index contributed by atoms with van der Waals surface area (Å²) in [6.45, 7) is 3.57. The minimum Gasteiger partial charge on any atom is -0.481 e. The van der Waals surface area contributed by atoms with Crippen LogP contribution in [0.5, 0.6) is 5.88 Å². The molecule has 13 heteroatoms. The lowest BCUT2D eigenvalue weighted by Crippen LogP contribution is -2.39. The quantitative estimate of drug-likeness (QED) is 0.142. The number of pyridine rings is 2. The fourth-order valence-electron chi connectivity index (χ4n) is 6.93. The van der Waals surface area contributed by atoms with Gasteiger partial charge in [-0.2, -0.15) is 0 Å². The third-order valence-electron chi connectivity index (χ3n) is 9.67. The molecule has 5 heterocycles. The number of halogens is 2. The molecule has 2 aromatic carbocycles. The predicted octanol–water partition coefficient (Wildman–Crippen LogP) is 4.99. The summed E-state index contributed by atoms with van der Waals surface area (Å²) in [6, 6.07) is 17.6. The van der Waals surface area contributed by atoms with Gasteiger partial charge in [0.2, 0.25) is 17.7 Å². The fourth-order valence-corrected chi connectivity index (χ4v) is 7.58. The Morgan fingerprint density at radius 2 is 1.45 bits per heavy atom. The first-order valence-corrected chi connectivity index (χ1v) is 17.9. The highest BCUT2D eigenvalue weighted by atomic mass is 35.5. The summed E-state index contributed by atoms with van der Waals surface area (Å²) in [6.07, 6.45) is 4.43. The van der Waals surface area contributed by atoms with Gasteiger partial charge in [-0.3, -0.25) is 19.4 Å². The van der Waals surface area contributed by atoms with Gasteiger partial charge in [-0.25, -0.2) is 4.98 Å². The lowest BCUT2D eigenvalue weighted by molar-refractivity contribution is -0.120. The molecule has 51 heavy (non-hydrogen) atoms. The number of rotatable bonds is 13. The lowest BCUT2D eigenvalue weighted by atomic mass is 9.97. The maximum Gasteiger partial charge on any atom is 0.256 e. The van der Waals surface area contributed by atoms with Crippen molar-refractivity contribution in [3.8, 4) is 39.5 Å². The van der Waals surface area contributed by atoms with E-state index in [0.717, 1.165) is 46.2 Å². The number of nitrogens with one attached hydrogen (secondary N) is 4. The molecule has 3 amide bonds. The van der Waals surface area contributed by atoms with Crippen molar-refractivity contribution in [2.45, 2.75) is 50.9 Å². The Morgan fingerprint density at radius 1 is 0.824 bits per heavy atom. The van der Waals surface area contributed by atoms with Crippen LogP contribution < -0.4 is 26.0 Å². The molecule has 0 radical (unpaired) electrons. The highest BCUT2D eigenvalue weighted by Gasteiger charge is 2.29. The van der Waals surface area contributed by atoms with E-state index in [2.05, 4.69) is 26.3 Å². The average molecular weight is 729 g/mol.